The number of hydrogen-bond acceptors (Lipinski definition) is 14. The third kappa shape index (κ3) is 8.38. The Balaban J connectivity index is 1.48. The molecular formula is C45H54NO16P3S. The second-order valence-corrected chi connectivity index (χ2v) is 24.3. The molecule has 9 unspecified atom stereocenters. The van der Waals surface area contributed by atoms with Crippen molar-refractivity contribution in [2.45, 2.75) is 120 Å². The Hall–Kier alpha value is -3.63. The van der Waals surface area contributed by atoms with Crippen molar-refractivity contribution < 1.29 is 75.0 Å². The molecule has 4 bridgehead atoms. The number of benzene rings is 2. The summed E-state index contributed by atoms with van der Waals surface area (Å²) in [5.74, 6) is -2.94. The molecule has 4 heterocycles. The van der Waals surface area contributed by atoms with Crippen molar-refractivity contribution in [2.24, 2.45) is 22.7 Å². The van der Waals surface area contributed by atoms with Crippen LogP contribution in [-0.4, -0.2) is 71.8 Å². The van der Waals surface area contributed by atoms with Gasteiger partial charge in [0.15, 0.2) is 22.7 Å². The fourth-order valence-electron chi connectivity index (χ4n) is 10.6. The molecule has 2 aromatic rings. The topological polar surface area (TPSA) is 243 Å². The maximum atomic E-state index is 15.6. The highest BCUT2D eigenvalue weighted by molar-refractivity contribution is 8.00. The Labute approximate surface area is 387 Å². The fourth-order valence-corrected chi connectivity index (χ4v) is 15.2. The van der Waals surface area contributed by atoms with Gasteiger partial charge < -0.3 is 38.2 Å². The van der Waals surface area contributed by atoms with Crippen molar-refractivity contribution in [1.82, 2.24) is 0 Å². The number of rotatable bonds is 14. The Bertz CT molecular complexity index is 2730. The van der Waals surface area contributed by atoms with Crippen LogP contribution in [0.3, 0.4) is 0 Å². The van der Waals surface area contributed by atoms with Crippen LogP contribution in [0.25, 0.3) is 6.08 Å². The number of methoxy groups -OCH3 is 1. The number of thioether (sulfide) groups is 1. The molecule has 21 heteroatoms. The van der Waals surface area contributed by atoms with E-state index < -0.39 is 80.6 Å². The van der Waals surface area contributed by atoms with Crippen molar-refractivity contribution in [3.8, 4) is 17.2 Å². The summed E-state index contributed by atoms with van der Waals surface area (Å²) in [7, 11) is -16.4. The quantitative estimate of drug-likeness (QED) is 0.0596. The summed E-state index contributed by atoms with van der Waals surface area (Å²) in [5, 5.41) is -0.553. The lowest BCUT2D eigenvalue weighted by atomic mass is 9.46. The SMILES string of the molecule is COC(=O)C(C)=CCC12OC(C)(C)C3CC(C1=O)C1Sc4ccccc4N=C4c5c(OP(=O)(O)OP(=O)(O)OP(=O)(O)O)c6c(c(CC=C(C)C)c5OC32C41)OC(C)(CCC=C(C)C)C=C6. The number of para-hydroxylation sites is 1. The van der Waals surface area contributed by atoms with Crippen molar-refractivity contribution in [3.63, 3.8) is 0 Å². The fraction of sp³-hybridized carbons (Fsp3) is 0.489. The van der Waals surface area contributed by atoms with Crippen LogP contribution < -0.4 is 14.0 Å². The predicted octanol–water partition coefficient (Wildman–Crippen LogP) is 9.43. The third-order valence-corrected chi connectivity index (χ3v) is 18.4. The minimum absolute atomic E-state index is 0.0559. The number of phosphoric acid groups is 3. The molecule has 0 amide bonds. The second-order valence-electron chi connectivity index (χ2n) is 18.8. The maximum absolute atomic E-state index is 15.6. The van der Waals surface area contributed by atoms with Gasteiger partial charge in [-0.2, -0.15) is 8.62 Å². The summed E-state index contributed by atoms with van der Waals surface area (Å²) in [4.78, 5) is 75.0. The number of phosphoric ester groups is 1. The first-order valence-corrected chi connectivity index (χ1v) is 26.8. The number of fused-ring (bicyclic) bond motifs is 4. The van der Waals surface area contributed by atoms with Gasteiger partial charge in [-0.3, -0.25) is 14.7 Å². The number of hydrogen-bond donors (Lipinski definition) is 4. The summed E-state index contributed by atoms with van der Waals surface area (Å²) in [6, 6.07) is 7.35. The number of allylic oxidation sites excluding steroid dienone is 4. The molecule has 66 heavy (non-hydrogen) atoms. The molecule has 356 valence electrons. The third-order valence-electron chi connectivity index (χ3n) is 13.2. The van der Waals surface area contributed by atoms with Gasteiger partial charge in [-0.25, -0.2) is 18.5 Å². The molecule has 9 atom stereocenters. The molecule has 0 aromatic heterocycles. The lowest BCUT2D eigenvalue weighted by Gasteiger charge is -2.63. The highest BCUT2D eigenvalue weighted by Gasteiger charge is 2.85. The number of carbonyl (C=O) groups is 2. The van der Waals surface area contributed by atoms with Gasteiger partial charge in [0.1, 0.15) is 17.1 Å². The number of esters is 1. The lowest BCUT2D eigenvalue weighted by molar-refractivity contribution is -0.196. The minimum Gasteiger partial charge on any atom is -0.482 e. The first kappa shape index (κ1) is 48.8. The monoisotopic (exact) mass is 989 g/mol. The number of ether oxygens (including phenoxy) is 4. The second kappa shape index (κ2) is 16.8. The average molecular weight is 990 g/mol. The van der Waals surface area contributed by atoms with Crippen LogP contribution >= 0.6 is 35.2 Å². The van der Waals surface area contributed by atoms with Crippen LogP contribution in [0.2, 0.25) is 0 Å². The van der Waals surface area contributed by atoms with Gasteiger partial charge in [-0.05, 0) is 105 Å². The molecule has 9 rings (SSSR count). The Morgan fingerprint density at radius 3 is 2.30 bits per heavy atom. The lowest BCUT2D eigenvalue weighted by Crippen LogP contribution is -2.79. The number of Topliss-reactive ketones (excluding diaryl/α,β-unsaturated/α-hetero) is 1. The van der Waals surface area contributed by atoms with E-state index in [-0.39, 0.29) is 46.8 Å². The summed E-state index contributed by atoms with van der Waals surface area (Å²) in [6.07, 6.45) is 10.6. The molecule has 3 saturated carbocycles. The first-order chi connectivity index (χ1) is 30.7. The number of aliphatic imine (C=N–C) groups is 1. The van der Waals surface area contributed by atoms with E-state index >= 15 is 4.79 Å². The molecule has 1 saturated heterocycles. The zero-order chi connectivity index (χ0) is 48.2. The van der Waals surface area contributed by atoms with E-state index in [2.05, 4.69) is 14.7 Å². The van der Waals surface area contributed by atoms with Gasteiger partial charge >= 0.3 is 29.4 Å². The maximum Gasteiger partial charge on any atom is 0.536 e. The van der Waals surface area contributed by atoms with Crippen molar-refractivity contribution in [1.29, 1.82) is 0 Å². The molecule has 7 aliphatic rings. The van der Waals surface area contributed by atoms with Crippen LogP contribution in [0.4, 0.5) is 5.69 Å². The van der Waals surface area contributed by atoms with E-state index in [4.69, 9.17) is 28.5 Å². The molecular weight excluding hydrogens is 935 g/mol. The molecule has 17 nitrogen and oxygen atoms in total. The Morgan fingerprint density at radius 1 is 0.939 bits per heavy atom. The van der Waals surface area contributed by atoms with E-state index in [0.717, 1.165) is 16.0 Å². The molecule has 3 aliphatic carbocycles. The normalized spacial score (nSPS) is 30.3. The van der Waals surface area contributed by atoms with E-state index in [0.29, 0.717) is 36.2 Å². The van der Waals surface area contributed by atoms with E-state index in [9.17, 15) is 38.1 Å². The first-order valence-electron chi connectivity index (χ1n) is 21.4. The summed E-state index contributed by atoms with van der Waals surface area (Å²) in [6.45, 7) is 15.1. The highest BCUT2D eigenvalue weighted by atomic mass is 32.2. The van der Waals surface area contributed by atoms with E-state index in [1.807, 2.05) is 66.7 Å². The predicted molar refractivity (Wildman–Crippen MR) is 245 cm³/mol. The zero-order valence-corrected chi connectivity index (χ0v) is 41.4. The summed E-state index contributed by atoms with van der Waals surface area (Å²) >= 11 is 1.46. The molecule has 2 aromatic carbocycles. The minimum atomic E-state index is -5.99. The zero-order valence-electron chi connectivity index (χ0n) is 37.9. The average Bonchev–Trinajstić information content (AvgIpc) is 3.27. The van der Waals surface area contributed by atoms with Crippen LogP contribution in [0.5, 0.6) is 17.2 Å². The summed E-state index contributed by atoms with van der Waals surface area (Å²) in [5.41, 5.74) is -1.55. The van der Waals surface area contributed by atoms with Crippen molar-refractivity contribution >= 4 is 64.5 Å². The van der Waals surface area contributed by atoms with Crippen molar-refractivity contribution in [3.05, 3.63) is 82.0 Å². The Kier molecular flexibility index (Phi) is 12.4. The van der Waals surface area contributed by atoms with E-state index in [1.165, 1.54) is 18.9 Å². The van der Waals surface area contributed by atoms with E-state index in [1.54, 1.807) is 37.3 Å². The number of ketones is 1. The van der Waals surface area contributed by atoms with Crippen LogP contribution in [-0.2, 0) is 47.8 Å². The van der Waals surface area contributed by atoms with Crippen LogP contribution in [0.15, 0.2) is 75.2 Å². The molecule has 4 aliphatic heterocycles. The Morgan fingerprint density at radius 2 is 1.64 bits per heavy atom. The van der Waals surface area contributed by atoms with Gasteiger partial charge in [0.05, 0.1) is 41.2 Å². The largest absolute Gasteiger partial charge is 0.536 e. The highest BCUT2D eigenvalue weighted by Crippen LogP contribution is 2.74. The van der Waals surface area contributed by atoms with Crippen LogP contribution in [0, 0.1) is 17.8 Å². The standard InChI is InChI=1S/C45H54NO16P3S/c1-24(2)13-12-20-43(8)21-19-28-36(57-43)27(17-16-25(3)4)37-33(38(28)59-64(52,53)62-65(54,55)61-63(49,50)51)35-34-39(66-31-15-11-10-14-30(31)46-35)29-23-32-42(6,7)60-44(40(29)47,45(32,34)58-37)22-18-26(5)41(48)56-9/h10-11,13-16,18-19,21,29,32,34,39H,12,17,20,22-23H2,1-9H3,(H,52,53)(H,54,55)(H2,49,50,51). The molecule has 1 spiro atoms. The molecule has 0 radical (unpaired) electrons. The van der Waals surface area contributed by atoms with Gasteiger partial charge in [-0.1, -0.05) is 41.5 Å². The molecule has 4 N–H and O–H groups in total. The number of nitrogens with zero attached hydrogens (tertiary/aromatic N) is 1. The summed E-state index contributed by atoms with van der Waals surface area (Å²) < 4.78 is 79.8. The molecule has 4 fully saturated rings. The van der Waals surface area contributed by atoms with Gasteiger partial charge in [0.2, 0.25) is 0 Å². The number of carbonyl (C=O) groups excluding carboxylic acids is 2. The van der Waals surface area contributed by atoms with Crippen LogP contribution in [0.1, 0.15) is 97.8 Å². The van der Waals surface area contributed by atoms with Crippen molar-refractivity contribution in [2.75, 3.05) is 7.11 Å². The smallest absolute Gasteiger partial charge is 0.482 e. The van der Waals surface area contributed by atoms with Gasteiger partial charge in [0.25, 0.3) is 0 Å². The van der Waals surface area contributed by atoms with Gasteiger partial charge in [-0.15, -0.1) is 11.8 Å². The van der Waals surface area contributed by atoms with Gasteiger partial charge in [0, 0.05) is 39.5 Å².